The standard InChI is InChI=1S/C20H29F2N3O2/c1-25(2)17(20-15(21)9-6-10-16(20)22)12-23-19(27)13-24-18(26)11-14-7-4-3-5-8-14/h6,9-10,14,17H,3-5,7-8,11-13H2,1-2H3,(H,23,27)(H,24,26). The molecule has 1 fully saturated rings. The maximum Gasteiger partial charge on any atom is 0.239 e. The monoisotopic (exact) mass is 381 g/mol. The number of carbonyl (C=O) groups excluding carboxylic acids is 2. The lowest BCUT2D eigenvalue weighted by Gasteiger charge is -2.26. The van der Waals surface area contributed by atoms with E-state index in [1.54, 1.807) is 19.0 Å². The molecule has 5 nitrogen and oxygen atoms in total. The van der Waals surface area contributed by atoms with Crippen molar-refractivity contribution in [1.82, 2.24) is 15.5 Å². The minimum atomic E-state index is -0.649. The van der Waals surface area contributed by atoms with E-state index in [9.17, 15) is 18.4 Å². The second-order valence-corrected chi connectivity index (χ2v) is 7.40. The molecule has 0 radical (unpaired) electrons. The van der Waals surface area contributed by atoms with Gasteiger partial charge in [0.15, 0.2) is 0 Å². The summed E-state index contributed by atoms with van der Waals surface area (Å²) >= 11 is 0. The summed E-state index contributed by atoms with van der Waals surface area (Å²) < 4.78 is 28.1. The number of halogens is 2. The van der Waals surface area contributed by atoms with Crippen LogP contribution < -0.4 is 10.6 Å². The zero-order chi connectivity index (χ0) is 19.8. The van der Waals surface area contributed by atoms with Gasteiger partial charge in [0.1, 0.15) is 11.6 Å². The van der Waals surface area contributed by atoms with Crippen LogP contribution >= 0.6 is 0 Å². The zero-order valence-electron chi connectivity index (χ0n) is 16.1. The average Bonchev–Trinajstić information content (AvgIpc) is 2.63. The van der Waals surface area contributed by atoms with Crippen LogP contribution in [0.25, 0.3) is 0 Å². The third-order valence-electron chi connectivity index (χ3n) is 5.09. The molecule has 2 rings (SSSR count). The first kappa shape index (κ1) is 21.3. The maximum absolute atomic E-state index is 14.0. The quantitative estimate of drug-likeness (QED) is 0.728. The Hall–Kier alpha value is -2.02. The molecule has 1 aromatic rings. The lowest BCUT2D eigenvalue weighted by molar-refractivity contribution is -0.126. The maximum atomic E-state index is 14.0. The van der Waals surface area contributed by atoms with Gasteiger partial charge in [0.2, 0.25) is 11.8 Å². The van der Waals surface area contributed by atoms with E-state index >= 15 is 0 Å². The second-order valence-electron chi connectivity index (χ2n) is 7.40. The van der Waals surface area contributed by atoms with Crippen LogP contribution in [0.15, 0.2) is 18.2 Å². The van der Waals surface area contributed by atoms with Gasteiger partial charge in [-0.1, -0.05) is 25.3 Å². The number of nitrogens with zero attached hydrogens (tertiary/aromatic N) is 1. The van der Waals surface area contributed by atoms with Gasteiger partial charge in [-0.25, -0.2) is 8.78 Å². The minimum Gasteiger partial charge on any atom is -0.353 e. The van der Waals surface area contributed by atoms with Crippen molar-refractivity contribution in [3.63, 3.8) is 0 Å². The van der Waals surface area contributed by atoms with Crippen molar-refractivity contribution in [2.75, 3.05) is 27.2 Å². The van der Waals surface area contributed by atoms with E-state index in [1.807, 2.05) is 0 Å². The second kappa shape index (κ2) is 10.3. The molecular weight excluding hydrogens is 352 g/mol. The van der Waals surface area contributed by atoms with E-state index in [2.05, 4.69) is 10.6 Å². The van der Waals surface area contributed by atoms with Crippen LogP contribution in [-0.2, 0) is 9.59 Å². The van der Waals surface area contributed by atoms with Crippen molar-refractivity contribution in [2.45, 2.75) is 44.6 Å². The zero-order valence-corrected chi connectivity index (χ0v) is 16.1. The summed E-state index contributed by atoms with van der Waals surface area (Å²) in [4.78, 5) is 25.7. The van der Waals surface area contributed by atoms with Crippen LogP contribution in [0, 0.1) is 17.6 Å². The molecule has 1 saturated carbocycles. The van der Waals surface area contributed by atoms with Crippen molar-refractivity contribution in [1.29, 1.82) is 0 Å². The Balaban J connectivity index is 1.81. The Kier molecular flexibility index (Phi) is 8.16. The van der Waals surface area contributed by atoms with Gasteiger partial charge in [-0.15, -0.1) is 0 Å². The van der Waals surface area contributed by atoms with Crippen molar-refractivity contribution in [3.05, 3.63) is 35.4 Å². The number of hydrogen-bond donors (Lipinski definition) is 2. The van der Waals surface area contributed by atoms with E-state index < -0.39 is 17.7 Å². The molecule has 0 aromatic heterocycles. The molecule has 150 valence electrons. The predicted octanol–water partition coefficient (Wildman–Crippen LogP) is 2.77. The molecule has 1 unspecified atom stereocenters. The summed E-state index contributed by atoms with van der Waals surface area (Å²) in [5.74, 6) is -1.40. The fourth-order valence-electron chi connectivity index (χ4n) is 3.55. The number of likely N-dealkylation sites (N-methyl/N-ethyl adjacent to an activating group) is 1. The van der Waals surface area contributed by atoms with E-state index in [1.165, 1.54) is 24.6 Å². The molecule has 1 aliphatic rings. The Bertz CT molecular complexity index is 626. The highest BCUT2D eigenvalue weighted by molar-refractivity contribution is 5.84. The van der Waals surface area contributed by atoms with Crippen molar-refractivity contribution >= 4 is 11.8 Å². The molecular formula is C20H29F2N3O2. The van der Waals surface area contributed by atoms with Crippen LogP contribution in [0.1, 0.15) is 50.1 Å². The Morgan fingerprint density at radius 2 is 1.70 bits per heavy atom. The number of nitrogens with one attached hydrogen (secondary N) is 2. The summed E-state index contributed by atoms with van der Waals surface area (Å²) in [5.41, 5.74) is -0.0795. The number of rotatable bonds is 8. The molecule has 2 N–H and O–H groups in total. The molecule has 0 saturated heterocycles. The topological polar surface area (TPSA) is 61.4 Å². The highest BCUT2D eigenvalue weighted by Gasteiger charge is 2.23. The Morgan fingerprint density at radius 1 is 1.07 bits per heavy atom. The molecule has 0 heterocycles. The van der Waals surface area contributed by atoms with E-state index in [4.69, 9.17) is 0 Å². The van der Waals surface area contributed by atoms with Crippen molar-refractivity contribution < 1.29 is 18.4 Å². The molecule has 1 atom stereocenters. The van der Waals surface area contributed by atoms with Gasteiger partial charge in [0.25, 0.3) is 0 Å². The Morgan fingerprint density at radius 3 is 2.30 bits per heavy atom. The molecule has 2 amide bonds. The fourth-order valence-corrected chi connectivity index (χ4v) is 3.55. The minimum absolute atomic E-state index is 0.0438. The predicted molar refractivity (Wildman–Crippen MR) is 100.0 cm³/mol. The third-order valence-corrected chi connectivity index (χ3v) is 5.09. The van der Waals surface area contributed by atoms with Gasteiger partial charge in [-0.2, -0.15) is 0 Å². The summed E-state index contributed by atoms with van der Waals surface area (Å²) in [6, 6.07) is 3.05. The smallest absolute Gasteiger partial charge is 0.239 e. The average molecular weight is 381 g/mol. The molecule has 27 heavy (non-hydrogen) atoms. The van der Waals surface area contributed by atoms with E-state index in [-0.39, 0.29) is 30.5 Å². The number of carbonyl (C=O) groups is 2. The highest BCUT2D eigenvalue weighted by atomic mass is 19.1. The lowest BCUT2D eigenvalue weighted by Crippen LogP contribution is -2.41. The van der Waals surface area contributed by atoms with Gasteiger partial charge < -0.3 is 15.5 Å². The SMILES string of the molecule is CN(C)C(CNC(=O)CNC(=O)CC1CCCCC1)c1c(F)cccc1F. The molecule has 1 aromatic carbocycles. The van der Waals surface area contributed by atoms with Gasteiger partial charge in [0.05, 0.1) is 12.6 Å². The van der Waals surface area contributed by atoms with Crippen molar-refractivity contribution in [2.24, 2.45) is 5.92 Å². The van der Waals surface area contributed by atoms with E-state index in [0.29, 0.717) is 12.3 Å². The highest BCUT2D eigenvalue weighted by Crippen LogP contribution is 2.26. The molecule has 7 heteroatoms. The van der Waals surface area contributed by atoms with Crippen LogP contribution in [0.5, 0.6) is 0 Å². The summed E-state index contributed by atoms with van der Waals surface area (Å²) in [7, 11) is 3.38. The largest absolute Gasteiger partial charge is 0.353 e. The van der Waals surface area contributed by atoms with Gasteiger partial charge >= 0.3 is 0 Å². The molecule has 0 bridgehead atoms. The van der Waals surface area contributed by atoms with Gasteiger partial charge in [-0.3, -0.25) is 9.59 Å². The molecule has 1 aliphatic carbocycles. The first-order valence-corrected chi connectivity index (χ1v) is 9.52. The van der Waals surface area contributed by atoms with E-state index in [0.717, 1.165) is 25.7 Å². The number of benzene rings is 1. The first-order valence-electron chi connectivity index (χ1n) is 9.52. The van der Waals surface area contributed by atoms with Crippen molar-refractivity contribution in [3.8, 4) is 0 Å². The van der Waals surface area contributed by atoms with Gasteiger partial charge in [-0.05, 0) is 45.0 Å². The van der Waals surface area contributed by atoms with Crippen LogP contribution in [0.4, 0.5) is 8.78 Å². The summed E-state index contributed by atoms with van der Waals surface area (Å²) in [5, 5.41) is 5.28. The molecule has 0 aliphatic heterocycles. The number of hydrogen-bond acceptors (Lipinski definition) is 3. The van der Waals surface area contributed by atoms with Gasteiger partial charge in [0, 0.05) is 18.5 Å². The van der Waals surface area contributed by atoms with Crippen LogP contribution in [-0.4, -0.2) is 43.9 Å². The first-order chi connectivity index (χ1) is 12.9. The number of amides is 2. The fraction of sp³-hybridized carbons (Fsp3) is 0.600. The lowest BCUT2D eigenvalue weighted by atomic mass is 9.87. The van der Waals surface area contributed by atoms with Crippen LogP contribution in [0.3, 0.4) is 0 Å². The third kappa shape index (κ3) is 6.57. The Labute approximate surface area is 159 Å². The summed E-state index contributed by atoms with van der Waals surface area (Å²) in [6.07, 6.45) is 6.15. The summed E-state index contributed by atoms with van der Waals surface area (Å²) in [6.45, 7) is -0.0896. The normalized spacial score (nSPS) is 16.2. The molecule has 0 spiro atoms. The van der Waals surface area contributed by atoms with Crippen LogP contribution in [0.2, 0.25) is 0 Å².